The molecule has 0 saturated carbocycles. The Morgan fingerprint density at radius 1 is 0.333 bits per heavy atom. The lowest BCUT2D eigenvalue weighted by atomic mass is 9.98. The molecule has 4 aromatic heterocycles. The number of nitrogens with zero attached hydrogens (tertiary/aromatic N) is 4. The highest BCUT2D eigenvalue weighted by molar-refractivity contribution is 7.26. The largest absolute Gasteiger partial charge is 0.309 e. The summed E-state index contributed by atoms with van der Waals surface area (Å²) >= 11 is 3.71. The summed E-state index contributed by atoms with van der Waals surface area (Å²) in [5, 5.41) is 7.60. The molecule has 0 bridgehead atoms. The van der Waals surface area contributed by atoms with Crippen molar-refractivity contribution in [1.29, 1.82) is 0 Å². The monoisotopic (exact) mass is 762 g/mol. The van der Waals surface area contributed by atoms with E-state index >= 15 is 0 Å². The predicted octanol–water partition coefficient (Wildman–Crippen LogP) is 14.4. The molecule has 0 atom stereocenters. The van der Waals surface area contributed by atoms with Crippen molar-refractivity contribution in [3.8, 4) is 51.0 Å². The number of aromatic nitrogens is 4. The van der Waals surface area contributed by atoms with Gasteiger partial charge in [-0.25, -0.2) is 15.0 Å². The average molecular weight is 763 g/mol. The summed E-state index contributed by atoms with van der Waals surface area (Å²) < 4.78 is 7.49. The molecule has 0 unspecified atom stereocenters. The number of para-hydroxylation sites is 2. The van der Waals surface area contributed by atoms with Gasteiger partial charge in [-0.2, -0.15) is 0 Å². The Labute approximate surface area is 335 Å². The van der Waals surface area contributed by atoms with Crippen molar-refractivity contribution in [2.45, 2.75) is 0 Å². The first-order valence-corrected chi connectivity index (χ1v) is 20.6. The van der Waals surface area contributed by atoms with Crippen molar-refractivity contribution in [2.75, 3.05) is 0 Å². The van der Waals surface area contributed by atoms with Gasteiger partial charge in [0.2, 0.25) is 0 Å². The molecule has 8 aromatic carbocycles. The van der Waals surface area contributed by atoms with Crippen LogP contribution in [0, 0.1) is 0 Å². The second-order valence-corrected chi connectivity index (χ2v) is 16.6. The minimum atomic E-state index is 0.664. The van der Waals surface area contributed by atoms with E-state index in [2.05, 4.69) is 126 Å². The Bertz CT molecular complexity index is 3410. The fourth-order valence-corrected chi connectivity index (χ4v) is 10.7. The molecule has 0 saturated heterocycles. The van der Waals surface area contributed by atoms with Gasteiger partial charge in [0.25, 0.3) is 0 Å². The molecule has 4 heterocycles. The topological polar surface area (TPSA) is 43.6 Å². The van der Waals surface area contributed by atoms with Crippen LogP contribution in [0.15, 0.2) is 182 Å². The van der Waals surface area contributed by atoms with Gasteiger partial charge in [-0.05, 0) is 65.7 Å². The molecule has 0 aliphatic carbocycles. The molecule has 266 valence electrons. The first-order valence-electron chi connectivity index (χ1n) is 19.0. The first-order chi connectivity index (χ1) is 28.2. The van der Waals surface area contributed by atoms with Crippen molar-refractivity contribution in [3.05, 3.63) is 182 Å². The van der Waals surface area contributed by atoms with Crippen LogP contribution in [0.3, 0.4) is 0 Å². The van der Waals surface area contributed by atoms with E-state index in [0.29, 0.717) is 17.5 Å². The molecule has 12 aromatic rings. The van der Waals surface area contributed by atoms with Crippen molar-refractivity contribution < 1.29 is 0 Å². The number of thiophene rings is 2. The normalized spacial score (nSPS) is 11.9. The molecule has 12 rings (SSSR count). The summed E-state index contributed by atoms with van der Waals surface area (Å²) in [4.78, 5) is 14.9. The molecule has 57 heavy (non-hydrogen) atoms. The Balaban J connectivity index is 0.960. The maximum atomic E-state index is 5.00. The van der Waals surface area contributed by atoms with Crippen LogP contribution in [0.2, 0.25) is 0 Å². The van der Waals surface area contributed by atoms with Gasteiger partial charge < -0.3 is 4.57 Å². The van der Waals surface area contributed by atoms with E-state index in [1.807, 2.05) is 83.3 Å². The van der Waals surface area contributed by atoms with Crippen LogP contribution in [0.1, 0.15) is 0 Å². The first kappa shape index (κ1) is 32.3. The highest BCUT2D eigenvalue weighted by Crippen LogP contribution is 2.44. The molecule has 0 aliphatic rings. The smallest absolute Gasteiger partial charge is 0.164 e. The number of fused-ring (bicyclic) bond motifs is 9. The average Bonchev–Trinajstić information content (AvgIpc) is 3.95. The van der Waals surface area contributed by atoms with Crippen LogP contribution < -0.4 is 0 Å². The second-order valence-electron chi connectivity index (χ2n) is 14.4. The van der Waals surface area contributed by atoms with E-state index in [1.54, 1.807) is 0 Å². The van der Waals surface area contributed by atoms with Gasteiger partial charge in [0.1, 0.15) is 0 Å². The Hall–Kier alpha value is -6.99. The summed E-state index contributed by atoms with van der Waals surface area (Å²) in [7, 11) is 0. The predicted molar refractivity (Wildman–Crippen MR) is 242 cm³/mol. The zero-order chi connectivity index (χ0) is 37.5. The minimum Gasteiger partial charge on any atom is -0.309 e. The summed E-state index contributed by atoms with van der Waals surface area (Å²) in [6.45, 7) is 0. The lowest BCUT2D eigenvalue weighted by Crippen LogP contribution is -2.00. The van der Waals surface area contributed by atoms with Crippen LogP contribution in [-0.4, -0.2) is 19.5 Å². The zero-order valence-electron chi connectivity index (χ0n) is 30.4. The lowest BCUT2D eigenvalue weighted by Gasteiger charge is -2.09. The third kappa shape index (κ3) is 5.22. The van der Waals surface area contributed by atoms with Gasteiger partial charge in [0, 0.05) is 73.5 Å². The maximum Gasteiger partial charge on any atom is 0.164 e. The van der Waals surface area contributed by atoms with E-state index in [-0.39, 0.29) is 0 Å². The number of hydrogen-bond acceptors (Lipinski definition) is 5. The second kappa shape index (κ2) is 12.8. The van der Waals surface area contributed by atoms with Crippen molar-refractivity contribution in [1.82, 2.24) is 19.5 Å². The highest BCUT2D eigenvalue weighted by Gasteiger charge is 2.18. The van der Waals surface area contributed by atoms with Gasteiger partial charge in [-0.15, -0.1) is 22.7 Å². The van der Waals surface area contributed by atoms with Crippen LogP contribution in [0.5, 0.6) is 0 Å². The van der Waals surface area contributed by atoms with Crippen LogP contribution in [0.4, 0.5) is 0 Å². The molecule has 0 amide bonds. The third-order valence-corrected chi connectivity index (χ3v) is 13.3. The van der Waals surface area contributed by atoms with E-state index in [1.165, 1.54) is 79.0 Å². The van der Waals surface area contributed by atoms with Crippen LogP contribution in [-0.2, 0) is 0 Å². The molecule has 4 nitrogen and oxygen atoms in total. The maximum absolute atomic E-state index is 5.00. The van der Waals surface area contributed by atoms with Gasteiger partial charge >= 0.3 is 0 Å². The molecule has 0 aliphatic heterocycles. The number of hydrogen-bond donors (Lipinski definition) is 0. The SMILES string of the molecule is c1ccc(-c2nc(-c3ccccc3)nc(-c3ccc4sc5cc(-c6cccc7sc8cc(-n9c%10ccccc%10c%10ccccc%109)ccc8c67)ccc5c4c3)n2)cc1. The van der Waals surface area contributed by atoms with Gasteiger partial charge in [0.15, 0.2) is 17.5 Å². The van der Waals surface area contributed by atoms with Crippen molar-refractivity contribution >= 4 is 84.8 Å². The molecular weight excluding hydrogens is 733 g/mol. The Morgan fingerprint density at radius 2 is 0.912 bits per heavy atom. The standard InChI is InChI=1S/C51H30N4S2/c1-3-12-31(13-4-1)49-52-50(32-14-5-2-6-15-32)54-51(53-49)34-23-27-44-41(28-34)39-25-22-33(29-46(39)56-44)36-18-11-21-45-48(36)40-26-24-35(30-47(40)57-45)55-42-19-9-7-16-37(42)38-17-8-10-20-43(38)55/h1-30H. The molecule has 0 fully saturated rings. The lowest BCUT2D eigenvalue weighted by molar-refractivity contribution is 1.07. The van der Waals surface area contributed by atoms with Gasteiger partial charge in [0.05, 0.1) is 11.0 Å². The number of rotatable bonds is 5. The van der Waals surface area contributed by atoms with Crippen molar-refractivity contribution in [2.24, 2.45) is 0 Å². The molecular formula is C51H30N4S2. The fourth-order valence-electron chi connectivity index (χ4n) is 8.42. The third-order valence-electron chi connectivity index (χ3n) is 11.1. The van der Waals surface area contributed by atoms with Gasteiger partial charge in [-0.1, -0.05) is 127 Å². The van der Waals surface area contributed by atoms with Crippen LogP contribution >= 0.6 is 22.7 Å². The summed E-state index contributed by atoms with van der Waals surface area (Å²) in [5.41, 5.74) is 9.02. The van der Waals surface area contributed by atoms with E-state index in [9.17, 15) is 0 Å². The quantitative estimate of drug-likeness (QED) is 0.175. The summed E-state index contributed by atoms with van der Waals surface area (Å²) in [5.74, 6) is 1.99. The zero-order valence-corrected chi connectivity index (χ0v) is 32.1. The molecule has 0 radical (unpaired) electrons. The molecule has 0 spiro atoms. The van der Waals surface area contributed by atoms with Crippen molar-refractivity contribution in [3.63, 3.8) is 0 Å². The van der Waals surface area contributed by atoms with Gasteiger partial charge in [-0.3, -0.25) is 0 Å². The van der Waals surface area contributed by atoms with Crippen LogP contribution in [0.25, 0.3) is 113 Å². The Morgan fingerprint density at radius 3 is 1.61 bits per heavy atom. The fraction of sp³-hybridized carbons (Fsp3) is 0. The minimum absolute atomic E-state index is 0.664. The number of benzene rings is 8. The highest BCUT2D eigenvalue weighted by atomic mass is 32.1. The van der Waals surface area contributed by atoms with E-state index in [0.717, 1.165) is 16.7 Å². The molecule has 0 N–H and O–H groups in total. The summed E-state index contributed by atoms with van der Waals surface area (Å²) in [6.07, 6.45) is 0. The Kier molecular flexibility index (Phi) is 7.24. The van der Waals surface area contributed by atoms with E-state index < -0.39 is 0 Å². The summed E-state index contributed by atoms with van der Waals surface area (Å²) in [6, 6.07) is 65.0. The van der Waals surface area contributed by atoms with E-state index in [4.69, 9.17) is 15.0 Å². The molecule has 6 heteroatoms.